The molecular formula is C11H13BrN2O. The molecule has 0 bridgehead atoms. The lowest BCUT2D eigenvalue weighted by Crippen LogP contribution is -2.51. The molecule has 0 aromatic heterocycles. The minimum atomic E-state index is 0.493. The number of benzene rings is 1. The predicted molar refractivity (Wildman–Crippen MR) is 64.6 cm³/mol. The van der Waals surface area contributed by atoms with Gasteiger partial charge in [0.2, 0.25) is 0 Å². The Kier molecular flexibility index (Phi) is 2.33. The maximum Gasteiger partial charge on any atom is 0.0697 e. The molecule has 1 saturated heterocycles. The Morgan fingerprint density at radius 3 is 3.33 bits per heavy atom. The molecule has 0 spiro atoms. The van der Waals surface area contributed by atoms with E-state index in [0.717, 1.165) is 30.8 Å². The number of nitrogens with zero attached hydrogens (tertiary/aromatic N) is 1. The molecule has 3 rings (SSSR count). The van der Waals surface area contributed by atoms with E-state index in [2.05, 4.69) is 44.3 Å². The van der Waals surface area contributed by atoms with Crippen molar-refractivity contribution in [3.8, 4) is 0 Å². The number of ether oxygens (including phenoxy) is 1. The second-order valence-electron chi connectivity index (χ2n) is 3.96. The number of nitrogens with one attached hydrogen (secondary N) is 1. The summed E-state index contributed by atoms with van der Waals surface area (Å²) >= 11 is 3.50. The van der Waals surface area contributed by atoms with Gasteiger partial charge in [0.1, 0.15) is 0 Å². The molecule has 2 aliphatic rings. The number of rotatable bonds is 0. The molecule has 0 saturated carbocycles. The highest BCUT2D eigenvalue weighted by Crippen LogP contribution is 2.34. The molecule has 3 nitrogen and oxygen atoms in total. The van der Waals surface area contributed by atoms with Crippen molar-refractivity contribution in [2.45, 2.75) is 6.04 Å². The zero-order valence-corrected chi connectivity index (χ0v) is 9.96. The van der Waals surface area contributed by atoms with Gasteiger partial charge in [-0.15, -0.1) is 0 Å². The summed E-state index contributed by atoms with van der Waals surface area (Å²) in [6.45, 7) is 3.65. The summed E-state index contributed by atoms with van der Waals surface area (Å²) in [5.74, 6) is 0. The van der Waals surface area contributed by atoms with Crippen LogP contribution < -0.4 is 10.2 Å². The first-order chi connectivity index (χ1) is 7.34. The van der Waals surface area contributed by atoms with Gasteiger partial charge in [-0.2, -0.15) is 0 Å². The second kappa shape index (κ2) is 3.68. The van der Waals surface area contributed by atoms with E-state index in [1.165, 1.54) is 11.4 Å². The van der Waals surface area contributed by atoms with Crippen LogP contribution in [0.3, 0.4) is 0 Å². The summed E-state index contributed by atoms with van der Waals surface area (Å²) < 4.78 is 6.61. The Morgan fingerprint density at radius 2 is 2.40 bits per heavy atom. The average Bonchev–Trinajstić information content (AvgIpc) is 2.28. The van der Waals surface area contributed by atoms with Crippen molar-refractivity contribution in [1.82, 2.24) is 0 Å². The van der Waals surface area contributed by atoms with E-state index in [1.54, 1.807) is 0 Å². The van der Waals surface area contributed by atoms with E-state index in [0.29, 0.717) is 6.04 Å². The van der Waals surface area contributed by atoms with Crippen LogP contribution in [0.15, 0.2) is 22.7 Å². The molecule has 0 radical (unpaired) electrons. The zero-order chi connectivity index (χ0) is 10.3. The average molecular weight is 269 g/mol. The first-order valence-corrected chi connectivity index (χ1v) is 6.02. The number of halogens is 1. The highest BCUT2D eigenvalue weighted by atomic mass is 79.9. The SMILES string of the molecule is Brc1ccc2c(c1)NC[C@@H]1COCCN21. The van der Waals surface area contributed by atoms with Crippen molar-refractivity contribution in [2.75, 3.05) is 36.5 Å². The van der Waals surface area contributed by atoms with Crippen molar-refractivity contribution < 1.29 is 4.74 Å². The van der Waals surface area contributed by atoms with Crippen molar-refractivity contribution in [3.05, 3.63) is 22.7 Å². The molecule has 80 valence electrons. The van der Waals surface area contributed by atoms with E-state index >= 15 is 0 Å². The lowest BCUT2D eigenvalue weighted by atomic mass is 10.1. The quantitative estimate of drug-likeness (QED) is 0.780. The molecule has 2 aliphatic heterocycles. The van der Waals surface area contributed by atoms with Gasteiger partial charge in [-0.25, -0.2) is 0 Å². The predicted octanol–water partition coefficient (Wildman–Crippen LogP) is 2.08. The normalized spacial score (nSPS) is 24.1. The van der Waals surface area contributed by atoms with Crippen LogP contribution in [-0.4, -0.2) is 32.3 Å². The number of morpholine rings is 1. The number of hydrogen-bond donors (Lipinski definition) is 1. The fourth-order valence-corrected chi connectivity index (χ4v) is 2.63. The maximum absolute atomic E-state index is 5.49. The first-order valence-electron chi connectivity index (χ1n) is 5.22. The molecule has 15 heavy (non-hydrogen) atoms. The van der Waals surface area contributed by atoms with Crippen molar-refractivity contribution in [2.24, 2.45) is 0 Å². The van der Waals surface area contributed by atoms with Crippen molar-refractivity contribution in [1.29, 1.82) is 0 Å². The topological polar surface area (TPSA) is 24.5 Å². The van der Waals surface area contributed by atoms with E-state index in [4.69, 9.17) is 4.74 Å². The third kappa shape index (κ3) is 1.62. The summed E-state index contributed by atoms with van der Waals surface area (Å²) in [6, 6.07) is 6.90. The van der Waals surface area contributed by atoms with Gasteiger partial charge in [0, 0.05) is 17.6 Å². The van der Waals surface area contributed by atoms with Crippen LogP contribution in [-0.2, 0) is 4.74 Å². The van der Waals surface area contributed by atoms with E-state index in [1.807, 2.05) is 0 Å². The smallest absolute Gasteiger partial charge is 0.0697 e. The summed E-state index contributed by atoms with van der Waals surface area (Å²) in [7, 11) is 0. The minimum absolute atomic E-state index is 0.493. The second-order valence-corrected chi connectivity index (χ2v) is 4.88. The van der Waals surface area contributed by atoms with Gasteiger partial charge < -0.3 is 15.0 Å². The molecule has 0 unspecified atom stereocenters. The van der Waals surface area contributed by atoms with Gasteiger partial charge in [-0.3, -0.25) is 0 Å². The van der Waals surface area contributed by atoms with Crippen LogP contribution in [0.5, 0.6) is 0 Å². The molecule has 0 aliphatic carbocycles. The van der Waals surface area contributed by atoms with Crippen LogP contribution in [0, 0.1) is 0 Å². The van der Waals surface area contributed by atoms with Crippen LogP contribution in [0.25, 0.3) is 0 Å². The fourth-order valence-electron chi connectivity index (χ4n) is 2.27. The van der Waals surface area contributed by atoms with Crippen LogP contribution in [0.1, 0.15) is 0 Å². The van der Waals surface area contributed by atoms with Crippen LogP contribution >= 0.6 is 15.9 Å². The Balaban J connectivity index is 1.99. The largest absolute Gasteiger partial charge is 0.381 e. The highest BCUT2D eigenvalue weighted by molar-refractivity contribution is 9.10. The highest BCUT2D eigenvalue weighted by Gasteiger charge is 2.28. The van der Waals surface area contributed by atoms with Gasteiger partial charge in [-0.1, -0.05) is 15.9 Å². The summed E-state index contributed by atoms with van der Waals surface area (Å²) in [6.07, 6.45) is 0. The van der Waals surface area contributed by atoms with E-state index in [9.17, 15) is 0 Å². The summed E-state index contributed by atoms with van der Waals surface area (Å²) in [4.78, 5) is 2.45. The molecule has 1 fully saturated rings. The Labute approximate surface area is 97.5 Å². The van der Waals surface area contributed by atoms with Gasteiger partial charge >= 0.3 is 0 Å². The summed E-state index contributed by atoms with van der Waals surface area (Å²) in [5, 5.41) is 3.45. The van der Waals surface area contributed by atoms with Gasteiger partial charge in [0.15, 0.2) is 0 Å². The Bertz CT molecular complexity index is 383. The standard InChI is InChI=1S/C11H13BrN2O/c12-8-1-2-11-10(5-8)13-6-9-7-15-4-3-14(9)11/h1-2,5,9,13H,3-4,6-7H2/t9-/m1/s1. The zero-order valence-electron chi connectivity index (χ0n) is 8.37. The van der Waals surface area contributed by atoms with E-state index < -0.39 is 0 Å². The molecule has 0 amide bonds. The number of hydrogen-bond acceptors (Lipinski definition) is 3. The monoisotopic (exact) mass is 268 g/mol. The minimum Gasteiger partial charge on any atom is -0.381 e. The third-order valence-corrected chi connectivity index (χ3v) is 3.52. The molecule has 1 atom stereocenters. The lowest BCUT2D eigenvalue weighted by molar-refractivity contribution is 0.0964. The van der Waals surface area contributed by atoms with Crippen molar-refractivity contribution in [3.63, 3.8) is 0 Å². The molecule has 1 N–H and O–H groups in total. The van der Waals surface area contributed by atoms with Crippen LogP contribution in [0.2, 0.25) is 0 Å². The van der Waals surface area contributed by atoms with Crippen molar-refractivity contribution >= 4 is 27.3 Å². The fraction of sp³-hybridized carbons (Fsp3) is 0.455. The molecule has 2 heterocycles. The third-order valence-electron chi connectivity index (χ3n) is 3.02. The van der Waals surface area contributed by atoms with Gasteiger partial charge in [0.25, 0.3) is 0 Å². The first kappa shape index (κ1) is 9.48. The number of anilines is 2. The maximum atomic E-state index is 5.49. The molecular weight excluding hydrogens is 256 g/mol. The van der Waals surface area contributed by atoms with Crippen LogP contribution in [0.4, 0.5) is 11.4 Å². The summed E-state index contributed by atoms with van der Waals surface area (Å²) in [5.41, 5.74) is 2.53. The Morgan fingerprint density at radius 1 is 1.47 bits per heavy atom. The lowest BCUT2D eigenvalue weighted by Gasteiger charge is -2.42. The Hall–Kier alpha value is -0.740. The van der Waals surface area contributed by atoms with Gasteiger partial charge in [-0.05, 0) is 18.2 Å². The van der Waals surface area contributed by atoms with Gasteiger partial charge in [0.05, 0.1) is 30.6 Å². The molecule has 1 aromatic carbocycles. The van der Waals surface area contributed by atoms with E-state index in [-0.39, 0.29) is 0 Å². The number of fused-ring (bicyclic) bond motifs is 3. The molecule has 4 heteroatoms. The molecule has 1 aromatic rings.